The van der Waals surface area contributed by atoms with E-state index in [2.05, 4.69) is 15.0 Å². The minimum atomic E-state index is -0.507. The van der Waals surface area contributed by atoms with Crippen LogP contribution in [-0.4, -0.2) is 25.2 Å². The average Bonchev–Trinajstić information content (AvgIpc) is 3.00. The number of fused-ring (bicyclic) bond motifs is 1. The Balaban J connectivity index is 1.70. The number of aromatic hydroxyl groups is 2. The zero-order valence-corrected chi connectivity index (χ0v) is 12.9. The van der Waals surface area contributed by atoms with Gasteiger partial charge in [-0.15, -0.1) is 0 Å². The number of aromatic nitrogens is 3. The fourth-order valence-electron chi connectivity index (χ4n) is 2.32. The second-order valence-electron chi connectivity index (χ2n) is 5.11. The second kappa shape index (κ2) is 5.50. The summed E-state index contributed by atoms with van der Waals surface area (Å²) in [5, 5.41) is 19.2. The third kappa shape index (κ3) is 2.53. The molecule has 24 heavy (non-hydrogen) atoms. The Labute approximate surface area is 141 Å². The molecule has 2 N–H and O–H groups in total. The van der Waals surface area contributed by atoms with Crippen molar-refractivity contribution in [2.45, 2.75) is 0 Å². The van der Waals surface area contributed by atoms with Crippen LogP contribution in [0.4, 0.5) is 0 Å². The first-order valence-corrected chi connectivity index (χ1v) is 7.40. The van der Waals surface area contributed by atoms with Gasteiger partial charge in [0.15, 0.2) is 5.58 Å². The standard InChI is InChI=1S/C17H10ClN3O3/c18-11-5-6-12-14(7-11)24-17(21-12)10-3-1-9(2-4-10)13-8-19-15(22)16(23)20-13/h1-8H,(H,19,22)(H,20,23). The van der Waals surface area contributed by atoms with Gasteiger partial charge in [0.05, 0.1) is 11.9 Å². The predicted molar refractivity (Wildman–Crippen MR) is 88.8 cm³/mol. The lowest BCUT2D eigenvalue weighted by Crippen LogP contribution is -1.87. The van der Waals surface area contributed by atoms with E-state index < -0.39 is 11.8 Å². The molecule has 4 rings (SSSR count). The number of hydrogen-bond acceptors (Lipinski definition) is 6. The molecule has 0 fully saturated rings. The normalized spacial score (nSPS) is 11.0. The van der Waals surface area contributed by atoms with Crippen LogP contribution in [-0.2, 0) is 0 Å². The molecule has 7 heteroatoms. The monoisotopic (exact) mass is 339 g/mol. The van der Waals surface area contributed by atoms with Crippen molar-refractivity contribution in [3.05, 3.63) is 53.7 Å². The zero-order chi connectivity index (χ0) is 16.7. The highest BCUT2D eigenvalue weighted by Gasteiger charge is 2.10. The predicted octanol–water partition coefficient (Wildman–Crippen LogP) is 4.02. The highest BCUT2D eigenvalue weighted by atomic mass is 35.5. The van der Waals surface area contributed by atoms with Gasteiger partial charge in [0, 0.05) is 22.2 Å². The smallest absolute Gasteiger partial charge is 0.276 e. The summed E-state index contributed by atoms with van der Waals surface area (Å²) in [5.74, 6) is -0.522. The van der Waals surface area contributed by atoms with E-state index in [1.807, 2.05) is 12.1 Å². The summed E-state index contributed by atoms with van der Waals surface area (Å²) in [4.78, 5) is 12.0. The highest BCUT2D eigenvalue weighted by Crippen LogP contribution is 2.29. The van der Waals surface area contributed by atoms with Crippen LogP contribution in [0.5, 0.6) is 11.8 Å². The second-order valence-corrected chi connectivity index (χ2v) is 5.55. The van der Waals surface area contributed by atoms with Crippen molar-refractivity contribution in [3.8, 4) is 34.5 Å². The fourth-order valence-corrected chi connectivity index (χ4v) is 2.48. The lowest BCUT2D eigenvalue weighted by atomic mass is 10.1. The Bertz CT molecular complexity index is 1040. The highest BCUT2D eigenvalue weighted by molar-refractivity contribution is 6.31. The average molecular weight is 340 g/mol. The van der Waals surface area contributed by atoms with Crippen LogP contribution in [0.2, 0.25) is 5.02 Å². The summed E-state index contributed by atoms with van der Waals surface area (Å²) in [6, 6.07) is 12.5. The Kier molecular flexibility index (Phi) is 3.32. The molecule has 0 saturated carbocycles. The van der Waals surface area contributed by atoms with Gasteiger partial charge in [-0.25, -0.2) is 15.0 Å². The first kappa shape index (κ1) is 14.5. The molecule has 0 amide bonds. The molecule has 4 aromatic rings. The van der Waals surface area contributed by atoms with E-state index in [1.165, 1.54) is 6.20 Å². The molecule has 0 atom stereocenters. The van der Waals surface area contributed by atoms with E-state index in [-0.39, 0.29) is 0 Å². The maximum atomic E-state index is 9.44. The molecule has 0 aliphatic carbocycles. The molecule has 0 aliphatic rings. The van der Waals surface area contributed by atoms with Crippen LogP contribution in [0.3, 0.4) is 0 Å². The number of hydrogen-bond donors (Lipinski definition) is 2. The van der Waals surface area contributed by atoms with Crippen molar-refractivity contribution in [1.29, 1.82) is 0 Å². The maximum absolute atomic E-state index is 9.44. The molecule has 0 spiro atoms. The van der Waals surface area contributed by atoms with Crippen molar-refractivity contribution in [3.63, 3.8) is 0 Å². The van der Waals surface area contributed by atoms with Gasteiger partial charge in [0.2, 0.25) is 5.89 Å². The molecule has 118 valence electrons. The fraction of sp³-hybridized carbons (Fsp3) is 0. The van der Waals surface area contributed by atoms with Crippen LogP contribution in [0, 0.1) is 0 Å². The number of halogens is 1. The van der Waals surface area contributed by atoms with Gasteiger partial charge in [0.1, 0.15) is 5.52 Å². The van der Waals surface area contributed by atoms with Gasteiger partial charge in [-0.3, -0.25) is 0 Å². The third-order valence-corrected chi connectivity index (χ3v) is 3.75. The first-order chi connectivity index (χ1) is 11.6. The maximum Gasteiger partial charge on any atom is 0.276 e. The Morgan fingerprint density at radius 2 is 1.62 bits per heavy atom. The first-order valence-electron chi connectivity index (χ1n) is 7.02. The van der Waals surface area contributed by atoms with Gasteiger partial charge >= 0.3 is 0 Å². The summed E-state index contributed by atoms with van der Waals surface area (Å²) in [6.07, 6.45) is 1.38. The Morgan fingerprint density at radius 1 is 0.875 bits per heavy atom. The van der Waals surface area contributed by atoms with Crippen LogP contribution in [0.1, 0.15) is 0 Å². The van der Waals surface area contributed by atoms with E-state index in [0.29, 0.717) is 22.2 Å². The Morgan fingerprint density at radius 3 is 2.38 bits per heavy atom. The molecule has 0 unspecified atom stereocenters. The Hall–Kier alpha value is -3.12. The van der Waals surface area contributed by atoms with Crippen molar-refractivity contribution in [2.75, 3.05) is 0 Å². The van der Waals surface area contributed by atoms with Gasteiger partial charge in [-0.1, -0.05) is 23.7 Å². The summed E-state index contributed by atoms with van der Waals surface area (Å²) in [5.41, 5.74) is 3.33. The van der Waals surface area contributed by atoms with Gasteiger partial charge in [0.25, 0.3) is 11.8 Å². The zero-order valence-electron chi connectivity index (χ0n) is 12.1. The molecular formula is C17H10ClN3O3. The molecule has 0 aliphatic heterocycles. The minimum absolute atomic E-state index is 0.446. The van der Waals surface area contributed by atoms with Crippen LogP contribution >= 0.6 is 11.6 Å². The quantitative estimate of drug-likeness (QED) is 0.573. The van der Waals surface area contributed by atoms with E-state index >= 15 is 0 Å². The van der Waals surface area contributed by atoms with Gasteiger partial charge in [-0.2, -0.15) is 0 Å². The van der Waals surface area contributed by atoms with Crippen LogP contribution in [0.15, 0.2) is 53.1 Å². The number of oxazole rings is 1. The summed E-state index contributed by atoms with van der Waals surface area (Å²) in [7, 11) is 0. The van der Waals surface area contributed by atoms with Crippen LogP contribution < -0.4 is 0 Å². The number of benzene rings is 2. The molecular weight excluding hydrogens is 330 g/mol. The third-order valence-electron chi connectivity index (χ3n) is 3.51. The van der Waals surface area contributed by atoms with E-state index in [0.717, 1.165) is 16.6 Å². The topological polar surface area (TPSA) is 92.3 Å². The molecule has 0 radical (unpaired) electrons. The van der Waals surface area contributed by atoms with Crippen molar-refractivity contribution >= 4 is 22.7 Å². The minimum Gasteiger partial charge on any atom is -0.489 e. The van der Waals surface area contributed by atoms with Gasteiger partial charge in [-0.05, 0) is 24.3 Å². The lowest BCUT2D eigenvalue weighted by Gasteiger charge is -2.02. The van der Waals surface area contributed by atoms with Crippen molar-refractivity contribution < 1.29 is 14.6 Å². The molecule has 2 heterocycles. The van der Waals surface area contributed by atoms with Crippen LogP contribution in [0.25, 0.3) is 33.8 Å². The van der Waals surface area contributed by atoms with Crippen molar-refractivity contribution in [2.24, 2.45) is 0 Å². The lowest BCUT2D eigenvalue weighted by molar-refractivity contribution is 0.375. The van der Waals surface area contributed by atoms with E-state index in [1.54, 1.807) is 30.3 Å². The van der Waals surface area contributed by atoms with Crippen molar-refractivity contribution in [1.82, 2.24) is 15.0 Å². The largest absolute Gasteiger partial charge is 0.489 e. The number of nitrogens with zero attached hydrogens (tertiary/aromatic N) is 3. The molecule has 2 aromatic carbocycles. The SMILES string of the molecule is Oc1ncc(-c2ccc(-c3nc4ccc(Cl)cc4o3)cc2)nc1O. The van der Waals surface area contributed by atoms with Gasteiger partial charge < -0.3 is 14.6 Å². The summed E-state index contributed by atoms with van der Waals surface area (Å²) in [6.45, 7) is 0. The summed E-state index contributed by atoms with van der Waals surface area (Å²) >= 11 is 5.95. The number of rotatable bonds is 2. The van der Waals surface area contributed by atoms with E-state index in [4.69, 9.17) is 16.0 Å². The molecule has 0 saturated heterocycles. The molecule has 6 nitrogen and oxygen atoms in total. The molecule has 0 bridgehead atoms. The van der Waals surface area contributed by atoms with E-state index in [9.17, 15) is 10.2 Å². The molecule has 2 aromatic heterocycles. The summed E-state index contributed by atoms with van der Waals surface area (Å²) < 4.78 is 5.72.